The largest absolute Gasteiger partial charge is 0.309 e. The molecule has 0 saturated heterocycles. The first-order chi connectivity index (χ1) is 22.3. The Morgan fingerprint density at radius 2 is 1.02 bits per heavy atom. The fourth-order valence-electron chi connectivity index (χ4n) is 7.38. The Bertz CT molecular complexity index is 2740. The molecule has 0 unspecified atom stereocenters. The van der Waals surface area contributed by atoms with E-state index in [0.717, 1.165) is 5.69 Å². The molecule has 0 aliphatic carbocycles. The van der Waals surface area contributed by atoms with Gasteiger partial charge in [-0.1, -0.05) is 115 Å². The maximum Gasteiger partial charge on any atom is 0.0641 e. The molecular weight excluding hydrogens is 565 g/mol. The number of para-hydroxylation sites is 2. The summed E-state index contributed by atoms with van der Waals surface area (Å²) in [7, 11) is 0. The maximum atomic E-state index is 2.49. The molecule has 7 aromatic carbocycles. The molecule has 3 aromatic heterocycles. The second kappa shape index (κ2) is 9.43. The lowest BCUT2D eigenvalue weighted by molar-refractivity contribution is 1.18. The molecule has 2 nitrogen and oxygen atoms in total. The Kier molecular flexibility index (Phi) is 5.19. The molecule has 3 heteroatoms. The van der Waals surface area contributed by atoms with E-state index >= 15 is 0 Å². The number of nitrogens with zero attached hydrogens (tertiary/aromatic N) is 2. The van der Waals surface area contributed by atoms with Crippen molar-refractivity contribution in [1.29, 1.82) is 0 Å². The number of fused-ring (bicyclic) bond motifs is 10. The van der Waals surface area contributed by atoms with Crippen LogP contribution in [0, 0.1) is 0 Å². The molecule has 0 fully saturated rings. The molecule has 45 heavy (non-hydrogen) atoms. The van der Waals surface area contributed by atoms with Crippen molar-refractivity contribution in [1.82, 2.24) is 9.13 Å². The molecule has 10 aromatic rings. The number of hydrogen-bond acceptors (Lipinski definition) is 1. The Hall–Kier alpha value is -5.64. The van der Waals surface area contributed by atoms with Gasteiger partial charge in [0.2, 0.25) is 0 Å². The van der Waals surface area contributed by atoms with Crippen molar-refractivity contribution in [3.8, 4) is 22.5 Å². The third-order valence-electron chi connectivity index (χ3n) is 9.33. The molecule has 0 spiro atoms. The number of rotatable bonds is 3. The summed E-state index contributed by atoms with van der Waals surface area (Å²) in [4.78, 5) is 0. The number of hydrogen-bond donors (Lipinski definition) is 0. The van der Waals surface area contributed by atoms with E-state index < -0.39 is 0 Å². The summed E-state index contributed by atoms with van der Waals surface area (Å²) in [6.07, 6.45) is 0. The first kappa shape index (κ1) is 24.8. The van der Waals surface area contributed by atoms with Gasteiger partial charge in [-0.05, 0) is 53.6 Å². The SMILES string of the molecule is c1ccc(-c2ccc(-n3c4ccccc4c4ccc5c(c6ccccc6n5-c5cccc6c5sc5ccccc56)c43)cc2)cc1. The summed E-state index contributed by atoms with van der Waals surface area (Å²) in [6, 6.07) is 57.5. The van der Waals surface area contributed by atoms with Gasteiger partial charge in [-0.25, -0.2) is 0 Å². The molecule has 0 N–H and O–H groups in total. The fraction of sp³-hybridized carbons (Fsp3) is 0. The minimum Gasteiger partial charge on any atom is -0.309 e. The van der Waals surface area contributed by atoms with Crippen LogP contribution in [0.2, 0.25) is 0 Å². The molecule has 0 aliphatic rings. The van der Waals surface area contributed by atoms with Crippen LogP contribution in [0.5, 0.6) is 0 Å². The Morgan fingerprint density at radius 1 is 0.378 bits per heavy atom. The van der Waals surface area contributed by atoms with Crippen LogP contribution in [0.4, 0.5) is 0 Å². The lowest BCUT2D eigenvalue weighted by atomic mass is 10.1. The van der Waals surface area contributed by atoms with Crippen LogP contribution in [0.3, 0.4) is 0 Å². The fourth-order valence-corrected chi connectivity index (χ4v) is 8.58. The topological polar surface area (TPSA) is 9.86 Å². The zero-order valence-corrected chi connectivity index (χ0v) is 25.1. The van der Waals surface area contributed by atoms with Gasteiger partial charge in [0.25, 0.3) is 0 Å². The minimum atomic E-state index is 1.16. The van der Waals surface area contributed by atoms with Gasteiger partial charge in [0, 0.05) is 42.7 Å². The number of thiophene rings is 1. The first-order valence-electron chi connectivity index (χ1n) is 15.4. The van der Waals surface area contributed by atoms with Gasteiger partial charge in [-0.15, -0.1) is 11.3 Å². The molecule has 10 rings (SSSR count). The van der Waals surface area contributed by atoms with E-state index in [0.29, 0.717) is 0 Å². The van der Waals surface area contributed by atoms with Crippen molar-refractivity contribution >= 4 is 75.1 Å². The van der Waals surface area contributed by atoms with Crippen LogP contribution in [-0.4, -0.2) is 9.13 Å². The standard InChI is InChI=1S/C42H26N2S/c1-2-11-27(12-3-1)28-21-23-29(24-22-28)43-35-17-7-4-13-30(35)32-25-26-37-40(41(32)43)34-15-5-8-18-36(34)44(37)38-19-10-16-33-31-14-6-9-20-39(31)45-42(33)38/h1-26H. The first-order valence-corrected chi connectivity index (χ1v) is 16.2. The van der Waals surface area contributed by atoms with Crippen molar-refractivity contribution in [2.75, 3.05) is 0 Å². The molecule has 0 radical (unpaired) electrons. The molecule has 0 amide bonds. The smallest absolute Gasteiger partial charge is 0.0641 e. The quantitative estimate of drug-likeness (QED) is 0.194. The van der Waals surface area contributed by atoms with Crippen LogP contribution in [-0.2, 0) is 0 Å². The van der Waals surface area contributed by atoms with Crippen molar-refractivity contribution in [3.63, 3.8) is 0 Å². The highest BCUT2D eigenvalue weighted by Crippen LogP contribution is 2.44. The maximum absolute atomic E-state index is 2.49. The zero-order valence-electron chi connectivity index (χ0n) is 24.3. The average molecular weight is 591 g/mol. The van der Waals surface area contributed by atoms with Crippen molar-refractivity contribution in [2.24, 2.45) is 0 Å². The van der Waals surface area contributed by atoms with Crippen molar-refractivity contribution in [2.45, 2.75) is 0 Å². The molecule has 3 heterocycles. The normalized spacial score (nSPS) is 12.0. The Balaban J connectivity index is 1.33. The predicted molar refractivity (Wildman–Crippen MR) is 193 cm³/mol. The molecule has 0 aliphatic heterocycles. The third kappa shape index (κ3) is 3.50. The predicted octanol–water partition coefficient (Wildman–Crippen LogP) is 11.9. The van der Waals surface area contributed by atoms with Gasteiger partial charge in [-0.3, -0.25) is 0 Å². The van der Waals surface area contributed by atoms with Crippen LogP contribution in [0.1, 0.15) is 0 Å². The van der Waals surface area contributed by atoms with E-state index in [1.807, 2.05) is 11.3 Å². The second-order valence-electron chi connectivity index (χ2n) is 11.7. The molecule has 210 valence electrons. The monoisotopic (exact) mass is 590 g/mol. The van der Waals surface area contributed by atoms with Crippen molar-refractivity contribution in [3.05, 3.63) is 158 Å². The van der Waals surface area contributed by atoms with Crippen LogP contribution in [0.15, 0.2) is 158 Å². The summed E-state index contributed by atoms with van der Waals surface area (Å²) in [5.41, 5.74) is 9.76. The van der Waals surface area contributed by atoms with Crippen LogP contribution in [0.25, 0.3) is 86.3 Å². The van der Waals surface area contributed by atoms with E-state index in [9.17, 15) is 0 Å². The zero-order chi connectivity index (χ0) is 29.5. The second-order valence-corrected chi connectivity index (χ2v) is 12.8. The molecule has 0 bridgehead atoms. The molecular formula is C42H26N2S. The van der Waals surface area contributed by atoms with Gasteiger partial charge in [-0.2, -0.15) is 0 Å². The van der Waals surface area contributed by atoms with Crippen LogP contribution >= 0.6 is 11.3 Å². The highest BCUT2D eigenvalue weighted by Gasteiger charge is 2.22. The van der Waals surface area contributed by atoms with E-state index in [4.69, 9.17) is 0 Å². The van der Waals surface area contributed by atoms with E-state index in [1.54, 1.807) is 0 Å². The van der Waals surface area contributed by atoms with Gasteiger partial charge >= 0.3 is 0 Å². The summed E-state index contributed by atoms with van der Waals surface area (Å²) in [6.45, 7) is 0. The van der Waals surface area contributed by atoms with Gasteiger partial charge < -0.3 is 9.13 Å². The molecule has 0 saturated carbocycles. The Morgan fingerprint density at radius 3 is 1.84 bits per heavy atom. The van der Waals surface area contributed by atoms with E-state index in [1.165, 1.54) is 80.6 Å². The number of aromatic nitrogens is 2. The lowest BCUT2D eigenvalue weighted by Crippen LogP contribution is -1.95. The van der Waals surface area contributed by atoms with E-state index in [-0.39, 0.29) is 0 Å². The minimum absolute atomic E-state index is 1.16. The average Bonchev–Trinajstić information content (AvgIpc) is 3.76. The summed E-state index contributed by atoms with van der Waals surface area (Å²) < 4.78 is 7.60. The highest BCUT2D eigenvalue weighted by atomic mass is 32.1. The van der Waals surface area contributed by atoms with Gasteiger partial charge in [0.05, 0.1) is 32.5 Å². The Labute approximate surface area is 263 Å². The summed E-state index contributed by atoms with van der Waals surface area (Å²) >= 11 is 1.88. The van der Waals surface area contributed by atoms with Gasteiger partial charge in [0.1, 0.15) is 0 Å². The van der Waals surface area contributed by atoms with E-state index in [2.05, 4.69) is 167 Å². The van der Waals surface area contributed by atoms with Crippen molar-refractivity contribution < 1.29 is 0 Å². The number of benzene rings is 7. The highest BCUT2D eigenvalue weighted by molar-refractivity contribution is 7.26. The van der Waals surface area contributed by atoms with Crippen LogP contribution < -0.4 is 0 Å². The lowest BCUT2D eigenvalue weighted by Gasteiger charge is -2.11. The third-order valence-corrected chi connectivity index (χ3v) is 10.5. The molecule has 0 atom stereocenters. The van der Waals surface area contributed by atoms with Gasteiger partial charge in [0.15, 0.2) is 0 Å². The summed E-state index contributed by atoms with van der Waals surface area (Å²) in [5, 5.41) is 7.72. The summed E-state index contributed by atoms with van der Waals surface area (Å²) in [5.74, 6) is 0.